The summed E-state index contributed by atoms with van der Waals surface area (Å²) in [5, 5.41) is 7.42. The number of rotatable bonds is 5. The van der Waals surface area contributed by atoms with Crippen molar-refractivity contribution in [2.75, 3.05) is 0 Å². The molecule has 0 amide bonds. The fourth-order valence-corrected chi connectivity index (χ4v) is 2.70. The van der Waals surface area contributed by atoms with Crippen LogP contribution in [0.1, 0.15) is 31.1 Å². The molecule has 122 valence electrons. The lowest BCUT2D eigenvalue weighted by molar-refractivity contribution is 0.101. The third-order valence-electron chi connectivity index (χ3n) is 3.66. The van der Waals surface area contributed by atoms with Crippen LogP contribution in [0.5, 0.6) is 5.75 Å². The molecule has 0 aliphatic heterocycles. The predicted octanol–water partition coefficient (Wildman–Crippen LogP) is 4.73. The Morgan fingerprint density at radius 2 is 1.75 bits per heavy atom. The minimum Gasteiger partial charge on any atom is -0.491 e. The summed E-state index contributed by atoms with van der Waals surface area (Å²) in [6.07, 6.45) is 0.0894. The average Bonchev–Trinajstić information content (AvgIpc) is 3.00. The molecule has 1 aromatic heterocycles. The summed E-state index contributed by atoms with van der Waals surface area (Å²) in [6, 6.07) is 17.4. The van der Waals surface area contributed by atoms with Gasteiger partial charge in [-0.05, 0) is 32.9 Å². The predicted molar refractivity (Wildman–Crippen MR) is 95.2 cm³/mol. The molecular weight excluding hydrogens is 300 g/mol. The lowest BCUT2D eigenvalue weighted by Crippen LogP contribution is -2.05. The molecule has 4 nitrogen and oxygen atoms in total. The first-order chi connectivity index (χ1) is 11.6. The van der Waals surface area contributed by atoms with Gasteiger partial charge in [0, 0.05) is 11.1 Å². The molecule has 0 aliphatic carbocycles. The summed E-state index contributed by atoms with van der Waals surface area (Å²) >= 11 is 0. The van der Waals surface area contributed by atoms with Crippen LogP contribution in [0.3, 0.4) is 0 Å². The SMILES string of the molecule is CC(=O)c1c(-c2cccc(OC(C)C)c2)n[nH]c1-c1ccccc1. The highest BCUT2D eigenvalue weighted by molar-refractivity contribution is 6.05. The van der Waals surface area contributed by atoms with E-state index in [0.717, 1.165) is 22.6 Å². The zero-order valence-electron chi connectivity index (χ0n) is 14.0. The summed E-state index contributed by atoms with van der Waals surface area (Å²) in [5.41, 5.74) is 3.79. The Kier molecular flexibility index (Phi) is 4.47. The van der Waals surface area contributed by atoms with Gasteiger partial charge in [-0.2, -0.15) is 5.10 Å². The largest absolute Gasteiger partial charge is 0.491 e. The topological polar surface area (TPSA) is 55.0 Å². The number of nitrogens with zero attached hydrogens (tertiary/aromatic N) is 1. The van der Waals surface area contributed by atoms with Crippen LogP contribution in [0, 0.1) is 0 Å². The first kappa shape index (κ1) is 16.0. The average molecular weight is 320 g/mol. The Bertz CT molecular complexity index is 851. The van der Waals surface area contributed by atoms with E-state index < -0.39 is 0 Å². The van der Waals surface area contributed by atoms with Crippen molar-refractivity contribution in [1.82, 2.24) is 10.2 Å². The van der Waals surface area contributed by atoms with Crippen molar-refractivity contribution < 1.29 is 9.53 Å². The van der Waals surface area contributed by atoms with Crippen molar-refractivity contribution in [3.8, 4) is 28.3 Å². The van der Waals surface area contributed by atoms with Crippen molar-refractivity contribution >= 4 is 5.78 Å². The van der Waals surface area contributed by atoms with Gasteiger partial charge in [0.25, 0.3) is 0 Å². The van der Waals surface area contributed by atoms with Crippen LogP contribution < -0.4 is 4.74 Å². The second-order valence-electron chi connectivity index (χ2n) is 5.94. The van der Waals surface area contributed by atoms with Crippen molar-refractivity contribution in [3.05, 3.63) is 60.2 Å². The van der Waals surface area contributed by atoms with Gasteiger partial charge in [0.05, 0.1) is 17.4 Å². The van der Waals surface area contributed by atoms with E-state index in [1.165, 1.54) is 0 Å². The van der Waals surface area contributed by atoms with Gasteiger partial charge in [0.2, 0.25) is 0 Å². The van der Waals surface area contributed by atoms with Gasteiger partial charge in [0.15, 0.2) is 5.78 Å². The normalized spacial score (nSPS) is 10.8. The number of ether oxygens (including phenoxy) is 1. The molecule has 3 rings (SSSR count). The molecule has 2 aromatic carbocycles. The minimum atomic E-state index is -0.0206. The molecule has 0 aliphatic rings. The summed E-state index contributed by atoms with van der Waals surface area (Å²) in [6.45, 7) is 5.53. The molecule has 24 heavy (non-hydrogen) atoms. The van der Waals surface area contributed by atoms with Crippen molar-refractivity contribution in [2.45, 2.75) is 26.9 Å². The number of hydrogen-bond donors (Lipinski definition) is 1. The number of benzene rings is 2. The van der Waals surface area contributed by atoms with Crippen molar-refractivity contribution in [3.63, 3.8) is 0 Å². The smallest absolute Gasteiger partial charge is 0.164 e. The molecule has 0 radical (unpaired) electrons. The van der Waals surface area contributed by atoms with E-state index in [1.807, 2.05) is 68.4 Å². The molecule has 1 N–H and O–H groups in total. The van der Waals surface area contributed by atoms with Gasteiger partial charge in [-0.25, -0.2) is 0 Å². The number of aromatic nitrogens is 2. The number of aromatic amines is 1. The highest BCUT2D eigenvalue weighted by atomic mass is 16.5. The van der Waals surface area contributed by atoms with E-state index in [-0.39, 0.29) is 11.9 Å². The van der Waals surface area contributed by atoms with E-state index in [0.29, 0.717) is 11.3 Å². The van der Waals surface area contributed by atoms with E-state index in [4.69, 9.17) is 4.74 Å². The molecule has 0 unspecified atom stereocenters. The number of H-pyrrole nitrogens is 1. The molecule has 4 heteroatoms. The third kappa shape index (κ3) is 3.23. The van der Waals surface area contributed by atoms with Crippen LogP contribution in [0.25, 0.3) is 22.5 Å². The zero-order valence-corrected chi connectivity index (χ0v) is 14.0. The Morgan fingerprint density at radius 3 is 2.42 bits per heavy atom. The zero-order chi connectivity index (χ0) is 17.1. The Hall–Kier alpha value is -2.88. The maximum absolute atomic E-state index is 12.3. The van der Waals surface area contributed by atoms with Gasteiger partial charge in [-0.3, -0.25) is 9.89 Å². The van der Waals surface area contributed by atoms with Gasteiger partial charge in [-0.15, -0.1) is 0 Å². The van der Waals surface area contributed by atoms with Crippen LogP contribution in [0.4, 0.5) is 0 Å². The molecule has 0 atom stereocenters. The van der Waals surface area contributed by atoms with E-state index in [1.54, 1.807) is 6.92 Å². The molecule has 0 saturated carbocycles. The van der Waals surface area contributed by atoms with Gasteiger partial charge in [-0.1, -0.05) is 42.5 Å². The second kappa shape index (κ2) is 6.71. The van der Waals surface area contributed by atoms with Crippen LogP contribution in [-0.4, -0.2) is 22.1 Å². The highest BCUT2D eigenvalue weighted by Crippen LogP contribution is 2.32. The van der Waals surface area contributed by atoms with Crippen LogP contribution in [0.2, 0.25) is 0 Å². The summed E-state index contributed by atoms with van der Waals surface area (Å²) in [5.74, 6) is 0.744. The molecule has 3 aromatic rings. The fraction of sp³-hybridized carbons (Fsp3) is 0.200. The molecule has 0 fully saturated rings. The first-order valence-corrected chi connectivity index (χ1v) is 7.98. The van der Waals surface area contributed by atoms with Crippen LogP contribution in [-0.2, 0) is 0 Å². The number of carbonyl (C=O) groups is 1. The monoisotopic (exact) mass is 320 g/mol. The molecule has 0 spiro atoms. The standard InChI is InChI=1S/C20H20N2O2/c1-13(2)24-17-11-7-10-16(12-17)20-18(14(3)23)19(21-22-20)15-8-5-4-6-9-15/h4-13H,1-3H3,(H,21,22). The van der Waals surface area contributed by atoms with E-state index in [9.17, 15) is 4.79 Å². The van der Waals surface area contributed by atoms with E-state index >= 15 is 0 Å². The number of carbonyl (C=O) groups excluding carboxylic acids is 1. The Balaban J connectivity index is 2.09. The molecular formula is C20H20N2O2. The summed E-state index contributed by atoms with van der Waals surface area (Å²) < 4.78 is 5.75. The number of ketones is 1. The van der Waals surface area contributed by atoms with Crippen LogP contribution >= 0.6 is 0 Å². The molecule has 0 saturated heterocycles. The Labute approximate surface area is 141 Å². The molecule has 1 heterocycles. The lowest BCUT2D eigenvalue weighted by Gasteiger charge is -2.10. The fourth-order valence-electron chi connectivity index (χ4n) is 2.70. The van der Waals surface area contributed by atoms with Gasteiger partial charge >= 0.3 is 0 Å². The van der Waals surface area contributed by atoms with Crippen LogP contribution in [0.15, 0.2) is 54.6 Å². The second-order valence-corrected chi connectivity index (χ2v) is 5.94. The third-order valence-corrected chi connectivity index (χ3v) is 3.66. The number of hydrogen-bond acceptors (Lipinski definition) is 3. The van der Waals surface area contributed by atoms with E-state index in [2.05, 4.69) is 10.2 Å². The highest BCUT2D eigenvalue weighted by Gasteiger charge is 2.20. The molecule has 0 bridgehead atoms. The quantitative estimate of drug-likeness (QED) is 0.691. The van der Waals surface area contributed by atoms with Crippen molar-refractivity contribution in [2.24, 2.45) is 0 Å². The van der Waals surface area contributed by atoms with Gasteiger partial charge in [0.1, 0.15) is 11.4 Å². The lowest BCUT2D eigenvalue weighted by atomic mass is 9.99. The van der Waals surface area contributed by atoms with Gasteiger partial charge < -0.3 is 4.74 Å². The summed E-state index contributed by atoms with van der Waals surface area (Å²) in [4.78, 5) is 12.3. The minimum absolute atomic E-state index is 0.0206. The number of Topliss-reactive ketones (excluding diaryl/α,β-unsaturated/α-hetero) is 1. The maximum Gasteiger partial charge on any atom is 0.164 e. The first-order valence-electron chi connectivity index (χ1n) is 7.98. The Morgan fingerprint density at radius 1 is 1.04 bits per heavy atom. The summed E-state index contributed by atoms with van der Waals surface area (Å²) in [7, 11) is 0. The maximum atomic E-state index is 12.3. The van der Waals surface area contributed by atoms with Crippen molar-refractivity contribution in [1.29, 1.82) is 0 Å². The number of nitrogens with one attached hydrogen (secondary N) is 1.